The molecule has 1 atom stereocenters. The fourth-order valence-electron chi connectivity index (χ4n) is 3.56. The Labute approximate surface area is 143 Å². The zero-order valence-electron chi connectivity index (χ0n) is 13.7. The van der Waals surface area contributed by atoms with Gasteiger partial charge in [-0.3, -0.25) is 14.9 Å². The van der Waals surface area contributed by atoms with Crippen LogP contribution in [0.3, 0.4) is 0 Å². The minimum Gasteiger partial charge on any atom is -0.478 e. The molecule has 1 aliphatic carbocycles. The largest absolute Gasteiger partial charge is 0.478 e. The van der Waals surface area contributed by atoms with Crippen molar-refractivity contribution in [3.05, 3.63) is 69.4 Å². The van der Waals surface area contributed by atoms with E-state index in [0.717, 1.165) is 11.6 Å². The number of ketones is 1. The summed E-state index contributed by atoms with van der Waals surface area (Å²) in [6.45, 7) is 4.19. The lowest BCUT2D eigenvalue weighted by Crippen LogP contribution is -2.45. The summed E-state index contributed by atoms with van der Waals surface area (Å²) in [5, 5.41) is 21.9. The molecule has 1 aromatic heterocycles. The number of benzene rings is 1. The number of hydrogen-bond acceptors (Lipinski definition) is 4. The van der Waals surface area contributed by atoms with Crippen molar-refractivity contribution in [3.63, 3.8) is 0 Å². The second-order valence-electron chi connectivity index (χ2n) is 5.82. The Bertz CT molecular complexity index is 983. The quantitative estimate of drug-likeness (QED) is 0.523. The SMILES string of the molecule is CCn1c(C)c(C2([N+](=O)[O-])C=CC=C(C(=O)O)C2=O)c2ccccc21. The number of fused-ring (bicyclic) bond motifs is 1. The number of carbonyl (C=O) groups excluding carboxylic acids is 1. The standard InChI is InChI=1S/C18H16N2O5/c1-3-19-11(2)15(12-7-4-5-9-14(12)19)18(20(24)25)10-6-8-13(16(18)21)17(22)23/h4-10H,3H2,1-2H3,(H,22,23). The highest BCUT2D eigenvalue weighted by Crippen LogP contribution is 2.41. The maximum absolute atomic E-state index is 12.9. The minimum absolute atomic E-state index is 0.225. The second kappa shape index (κ2) is 5.70. The first-order valence-corrected chi connectivity index (χ1v) is 7.76. The molecule has 3 rings (SSSR count). The van der Waals surface area contributed by atoms with Gasteiger partial charge in [-0.2, -0.15) is 0 Å². The van der Waals surface area contributed by atoms with E-state index in [1.54, 1.807) is 19.1 Å². The van der Waals surface area contributed by atoms with E-state index in [-0.39, 0.29) is 5.56 Å². The van der Waals surface area contributed by atoms with Gasteiger partial charge in [0.15, 0.2) is 0 Å². The number of carboxylic acids is 1. The Morgan fingerprint density at radius 1 is 1.36 bits per heavy atom. The number of Topliss-reactive ketones (excluding diaryl/α,β-unsaturated/α-hetero) is 1. The molecule has 25 heavy (non-hydrogen) atoms. The van der Waals surface area contributed by atoms with Crippen molar-refractivity contribution in [1.29, 1.82) is 0 Å². The normalized spacial score (nSPS) is 19.9. The molecule has 1 unspecified atom stereocenters. The van der Waals surface area contributed by atoms with Crippen LogP contribution >= 0.6 is 0 Å². The van der Waals surface area contributed by atoms with Crippen molar-refractivity contribution >= 4 is 22.7 Å². The van der Waals surface area contributed by atoms with Crippen molar-refractivity contribution in [2.24, 2.45) is 0 Å². The van der Waals surface area contributed by atoms with E-state index < -0.39 is 27.8 Å². The second-order valence-corrected chi connectivity index (χ2v) is 5.82. The van der Waals surface area contributed by atoms with E-state index in [9.17, 15) is 24.8 Å². The number of nitrogens with zero attached hydrogens (tertiary/aromatic N) is 2. The fourth-order valence-corrected chi connectivity index (χ4v) is 3.56. The van der Waals surface area contributed by atoms with Crippen LogP contribution < -0.4 is 0 Å². The highest BCUT2D eigenvalue weighted by molar-refractivity contribution is 6.22. The molecule has 0 spiro atoms. The smallest absolute Gasteiger partial charge is 0.339 e. The number of carboxylic acid groups (broad SMARTS) is 1. The summed E-state index contributed by atoms with van der Waals surface area (Å²) in [5.74, 6) is -2.51. The maximum atomic E-state index is 12.9. The van der Waals surface area contributed by atoms with E-state index in [0.29, 0.717) is 17.6 Å². The van der Waals surface area contributed by atoms with Gasteiger partial charge >= 0.3 is 11.5 Å². The number of aromatic nitrogens is 1. The highest BCUT2D eigenvalue weighted by Gasteiger charge is 2.56. The summed E-state index contributed by atoms with van der Waals surface area (Å²) >= 11 is 0. The molecule has 0 saturated carbocycles. The Balaban J connectivity index is 2.42. The van der Waals surface area contributed by atoms with Gasteiger partial charge in [0, 0.05) is 34.1 Å². The average Bonchev–Trinajstić information content (AvgIpc) is 2.86. The molecule has 128 valence electrons. The van der Waals surface area contributed by atoms with Crippen molar-refractivity contribution in [2.75, 3.05) is 0 Å². The number of hydrogen-bond donors (Lipinski definition) is 1. The lowest BCUT2D eigenvalue weighted by Gasteiger charge is -2.24. The monoisotopic (exact) mass is 340 g/mol. The number of rotatable bonds is 4. The van der Waals surface area contributed by atoms with E-state index >= 15 is 0 Å². The van der Waals surface area contributed by atoms with Crippen LogP contribution in [0.4, 0.5) is 0 Å². The van der Waals surface area contributed by atoms with E-state index in [1.165, 1.54) is 12.2 Å². The summed E-state index contributed by atoms with van der Waals surface area (Å²) < 4.78 is 1.88. The molecule has 0 bridgehead atoms. The van der Waals surface area contributed by atoms with Crippen molar-refractivity contribution in [2.45, 2.75) is 25.9 Å². The summed E-state index contributed by atoms with van der Waals surface area (Å²) in [7, 11) is 0. The molecule has 2 aromatic rings. The van der Waals surface area contributed by atoms with Gasteiger partial charge < -0.3 is 9.67 Å². The van der Waals surface area contributed by atoms with Gasteiger partial charge in [-0.15, -0.1) is 0 Å². The van der Waals surface area contributed by atoms with Crippen molar-refractivity contribution in [3.8, 4) is 0 Å². The summed E-state index contributed by atoms with van der Waals surface area (Å²) in [6, 6.07) is 7.10. The molecule has 0 aliphatic heterocycles. The van der Waals surface area contributed by atoms with Gasteiger partial charge in [0.25, 0.3) is 5.78 Å². The maximum Gasteiger partial charge on any atom is 0.339 e. The van der Waals surface area contributed by atoms with Gasteiger partial charge in [0.05, 0.1) is 5.56 Å². The van der Waals surface area contributed by atoms with E-state index in [1.807, 2.05) is 23.6 Å². The summed E-state index contributed by atoms with van der Waals surface area (Å²) in [4.78, 5) is 35.6. The van der Waals surface area contributed by atoms with Crippen LogP contribution in [0.2, 0.25) is 0 Å². The predicted octanol–water partition coefficient (Wildman–Crippen LogP) is 2.59. The Kier molecular flexibility index (Phi) is 3.79. The van der Waals surface area contributed by atoms with Crippen molar-refractivity contribution < 1.29 is 19.6 Å². The number of aryl methyl sites for hydroxylation is 1. The third-order valence-electron chi connectivity index (χ3n) is 4.64. The first-order chi connectivity index (χ1) is 11.9. The lowest BCUT2D eigenvalue weighted by molar-refractivity contribution is -0.545. The van der Waals surface area contributed by atoms with Gasteiger partial charge in [-0.25, -0.2) is 4.79 Å². The first kappa shape index (κ1) is 16.6. The van der Waals surface area contributed by atoms with Crippen molar-refractivity contribution in [1.82, 2.24) is 4.57 Å². The van der Waals surface area contributed by atoms with Crippen LogP contribution in [-0.4, -0.2) is 26.3 Å². The lowest BCUT2D eigenvalue weighted by atomic mass is 9.78. The third-order valence-corrected chi connectivity index (χ3v) is 4.64. The molecule has 1 N–H and O–H groups in total. The van der Waals surface area contributed by atoms with Gasteiger partial charge in [0.2, 0.25) is 0 Å². The van der Waals surface area contributed by atoms with Gasteiger partial charge in [-0.1, -0.05) is 24.3 Å². The number of nitro groups is 1. The molecule has 1 heterocycles. The Morgan fingerprint density at radius 2 is 2.04 bits per heavy atom. The molecule has 0 fully saturated rings. The van der Waals surface area contributed by atoms with Crippen LogP contribution in [0.5, 0.6) is 0 Å². The Hall–Kier alpha value is -3.22. The van der Waals surface area contributed by atoms with Gasteiger partial charge in [0.1, 0.15) is 5.57 Å². The zero-order valence-corrected chi connectivity index (χ0v) is 13.7. The molecule has 0 amide bonds. The Morgan fingerprint density at radius 3 is 2.64 bits per heavy atom. The van der Waals surface area contributed by atoms with Crippen LogP contribution in [0.1, 0.15) is 18.2 Å². The molecule has 1 aliphatic rings. The molecular weight excluding hydrogens is 324 g/mol. The molecule has 0 saturated heterocycles. The number of carbonyl (C=O) groups is 2. The van der Waals surface area contributed by atoms with E-state index in [2.05, 4.69) is 0 Å². The minimum atomic E-state index is -2.24. The van der Waals surface area contributed by atoms with Crippen LogP contribution in [0, 0.1) is 17.0 Å². The van der Waals surface area contributed by atoms with Crippen LogP contribution in [-0.2, 0) is 21.7 Å². The van der Waals surface area contributed by atoms with Crippen LogP contribution in [0.15, 0.2) is 48.1 Å². The first-order valence-electron chi connectivity index (χ1n) is 7.76. The molecular formula is C18H16N2O5. The molecule has 0 radical (unpaired) electrons. The van der Waals surface area contributed by atoms with E-state index in [4.69, 9.17) is 0 Å². The predicted molar refractivity (Wildman–Crippen MR) is 90.9 cm³/mol. The zero-order chi connectivity index (χ0) is 18.4. The third kappa shape index (κ3) is 2.12. The van der Waals surface area contributed by atoms with Gasteiger partial charge in [-0.05, 0) is 26.0 Å². The molecule has 7 nitrogen and oxygen atoms in total. The van der Waals surface area contributed by atoms with Crippen LogP contribution in [0.25, 0.3) is 10.9 Å². The average molecular weight is 340 g/mol. The number of allylic oxidation sites excluding steroid dienone is 2. The fraction of sp³-hybridized carbons (Fsp3) is 0.222. The summed E-state index contributed by atoms with van der Waals surface area (Å²) in [6.07, 6.45) is 3.54. The molecule has 7 heteroatoms. The summed E-state index contributed by atoms with van der Waals surface area (Å²) in [5.41, 5.74) is -1.27. The number of aliphatic carboxylic acids is 1. The topological polar surface area (TPSA) is 102 Å². The number of para-hydroxylation sites is 1. The molecule has 1 aromatic carbocycles. The highest BCUT2D eigenvalue weighted by atomic mass is 16.6.